The van der Waals surface area contributed by atoms with Gasteiger partial charge in [-0.25, -0.2) is 9.97 Å². The lowest BCUT2D eigenvalue weighted by molar-refractivity contribution is 0.0700. The summed E-state index contributed by atoms with van der Waals surface area (Å²) in [5.41, 5.74) is 4.07. The van der Waals surface area contributed by atoms with Gasteiger partial charge >= 0.3 is 0 Å². The summed E-state index contributed by atoms with van der Waals surface area (Å²) < 4.78 is 2.43. The maximum Gasteiger partial charge on any atom is 0.274 e. The fourth-order valence-corrected chi connectivity index (χ4v) is 5.60. The van der Waals surface area contributed by atoms with Crippen molar-refractivity contribution >= 4 is 16.9 Å². The highest BCUT2D eigenvalue weighted by Gasteiger charge is 2.29. The number of benzene rings is 1. The van der Waals surface area contributed by atoms with E-state index in [1.165, 1.54) is 36.2 Å². The van der Waals surface area contributed by atoms with Crippen molar-refractivity contribution < 1.29 is 4.79 Å². The average Bonchev–Trinajstić information content (AvgIpc) is 3.04. The standard InChI is InChI=1S/C25H30N6O/c32-25(22-16-26-9-10-27-22)30-11-2-3-19(17-30)18-6-7-23-21(15-18)28-24-8-12-29(13-14-31(23)24)20-4-1-5-20/h6-7,9-10,15-16,19-20H,1-5,8,11-14,17H2. The highest BCUT2D eigenvalue weighted by molar-refractivity contribution is 5.92. The monoisotopic (exact) mass is 430 g/mol. The van der Waals surface area contributed by atoms with E-state index in [-0.39, 0.29) is 5.91 Å². The molecule has 1 atom stereocenters. The predicted molar refractivity (Wildman–Crippen MR) is 123 cm³/mol. The van der Waals surface area contributed by atoms with Gasteiger partial charge in [-0.15, -0.1) is 0 Å². The quantitative estimate of drug-likeness (QED) is 0.638. The zero-order chi connectivity index (χ0) is 21.5. The molecule has 3 aromatic rings. The van der Waals surface area contributed by atoms with Crippen LogP contribution in [0.25, 0.3) is 11.0 Å². The third-order valence-corrected chi connectivity index (χ3v) is 7.64. The van der Waals surface area contributed by atoms with E-state index < -0.39 is 0 Å². The fourth-order valence-electron chi connectivity index (χ4n) is 5.60. The maximum atomic E-state index is 12.9. The number of fused-ring (bicyclic) bond motifs is 3. The Morgan fingerprint density at radius 2 is 1.94 bits per heavy atom. The molecule has 2 aromatic heterocycles. The second kappa shape index (κ2) is 8.28. The van der Waals surface area contributed by atoms with Gasteiger partial charge in [0.25, 0.3) is 5.91 Å². The van der Waals surface area contributed by atoms with Crippen molar-refractivity contribution in [3.63, 3.8) is 0 Å². The number of nitrogens with zero attached hydrogens (tertiary/aromatic N) is 6. The minimum atomic E-state index is -0.0198. The van der Waals surface area contributed by atoms with Crippen LogP contribution in [0.2, 0.25) is 0 Å². The van der Waals surface area contributed by atoms with Gasteiger partial charge in [-0.1, -0.05) is 12.5 Å². The molecular weight excluding hydrogens is 400 g/mol. The molecule has 1 aromatic carbocycles. The second-order valence-corrected chi connectivity index (χ2v) is 9.48. The number of hydrogen-bond donors (Lipinski definition) is 0. The topological polar surface area (TPSA) is 67.2 Å². The lowest BCUT2D eigenvalue weighted by Crippen LogP contribution is -2.41. The molecule has 32 heavy (non-hydrogen) atoms. The molecule has 1 unspecified atom stereocenters. The third kappa shape index (κ3) is 3.58. The zero-order valence-corrected chi connectivity index (χ0v) is 18.5. The van der Waals surface area contributed by atoms with Crippen molar-refractivity contribution in [2.45, 2.75) is 57.0 Å². The van der Waals surface area contributed by atoms with Crippen molar-refractivity contribution in [1.82, 2.24) is 29.3 Å². The molecule has 1 saturated heterocycles. The second-order valence-electron chi connectivity index (χ2n) is 9.48. The first kappa shape index (κ1) is 19.9. The average molecular weight is 431 g/mol. The smallest absolute Gasteiger partial charge is 0.274 e. The van der Waals surface area contributed by atoms with E-state index in [9.17, 15) is 4.79 Å². The Hall–Kier alpha value is -2.80. The molecular formula is C25H30N6O. The molecule has 0 N–H and O–H groups in total. The third-order valence-electron chi connectivity index (χ3n) is 7.64. The van der Waals surface area contributed by atoms with E-state index >= 15 is 0 Å². The lowest BCUT2D eigenvalue weighted by Gasteiger charge is -2.36. The number of carbonyl (C=O) groups excluding carboxylic acids is 1. The first-order chi connectivity index (χ1) is 15.8. The van der Waals surface area contributed by atoms with Crippen LogP contribution in [-0.2, 0) is 13.0 Å². The minimum Gasteiger partial charge on any atom is -0.337 e. The zero-order valence-electron chi connectivity index (χ0n) is 18.5. The highest BCUT2D eigenvalue weighted by Crippen LogP contribution is 2.31. The highest BCUT2D eigenvalue weighted by atomic mass is 16.2. The molecule has 2 fully saturated rings. The van der Waals surface area contributed by atoms with Crippen LogP contribution in [0.15, 0.2) is 36.8 Å². The van der Waals surface area contributed by atoms with Crippen molar-refractivity contribution in [2.75, 3.05) is 26.2 Å². The van der Waals surface area contributed by atoms with Gasteiger partial charge in [-0.3, -0.25) is 14.7 Å². The predicted octanol–water partition coefficient (Wildman–Crippen LogP) is 3.26. The Kier molecular flexibility index (Phi) is 5.14. The summed E-state index contributed by atoms with van der Waals surface area (Å²) in [6.45, 7) is 4.80. The van der Waals surface area contributed by atoms with Gasteiger partial charge < -0.3 is 9.47 Å². The fraction of sp³-hybridized carbons (Fsp3) is 0.520. The van der Waals surface area contributed by atoms with Crippen LogP contribution in [0.4, 0.5) is 0 Å². The molecule has 166 valence electrons. The molecule has 0 bridgehead atoms. The molecule has 2 aliphatic heterocycles. The van der Waals surface area contributed by atoms with Crippen LogP contribution in [0.5, 0.6) is 0 Å². The normalized spacial score (nSPS) is 22.4. The Labute approximate surface area is 188 Å². The first-order valence-corrected chi connectivity index (χ1v) is 12.0. The number of piperidine rings is 1. The van der Waals surface area contributed by atoms with Gasteiger partial charge in [-0.2, -0.15) is 0 Å². The van der Waals surface area contributed by atoms with Crippen molar-refractivity contribution in [2.24, 2.45) is 0 Å². The van der Waals surface area contributed by atoms with E-state index in [0.717, 1.165) is 63.5 Å². The summed E-state index contributed by atoms with van der Waals surface area (Å²) in [7, 11) is 0. The van der Waals surface area contributed by atoms with E-state index in [1.807, 2.05) is 4.90 Å². The Balaban J connectivity index is 1.20. The number of rotatable bonds is 3. The summed E-state index contributed by atoms with van der Waals surface area (Å²) in [6, 6.07) is 7.58. The number of hydrogen-bond acceptors (Lipinski definition) is 5. The summed E-state index contributed by atoms with van der Waals surface area (Å²) in [6.07, 6.45) is 12.0. The van der Waals surface area contributed by atoms with Crippen LogP contribution < -0.4 is 0 Å². The van der Waals surface area contributed by atoms with Crippen molar-refractivity contribution in [3.8, 4) is 0 Å². The van der Waals surface area contributed by atoms with E-state index in [0.29, 0.717) is 11.6 Å². The van der Waals surface area contributed by atoms with Crippen LogP contribution in [0.3, 0.4) is 0 Å². The molecule has 1 aliphatic carbocycles. The van der Waals surface area contributed by atoms with Crippen LogP contribution in [0, 0.1) is 0 Å². The molecule has 4 heterocycles. The molecule has 6 rings (SSSR count). The number of carbonyl (C=O) groups is 1. The number of aromatic nitrogens is 4. The van der Waals surface area contributed by atoms with E-state index in [1.54, 1.807) is 18.6 Å². The molecule has 7 nitrogen and oxygen atoms in total. The minimum absolute atomic E-state index is 0.0198. The Morgan fingerprint density at radius 1 is 1.00 bits per heavy atom. The van der Waals surface area contributed by atoms with E-state index in [2.05, 4.69) is 37.6 Å². The Bertz CT molecular complexity index is 1120. The lowest BCUT2D eigenvalue weighted by atomic mass is 9.90. The van der Waals surface area contributed by atoms with Crippen molar-refractivity contribution in [1.29, 1.82) is 0 Å². The number of imidazole rings is 1. The molecule has 0 radical (unpaired) electrons. The van der Waals surface area contributed by atoms with Gasteiger partial charge in [0.1, 0.15) is 11.5 Å². The SMILES string of the molecule is O=C(c1cnccn1)N1CCCC(c2ccc3c(c2)nc2n3CCN(C3CCC3)CC2)C1. The number of likely N-dealkylation sites (tertiary alicyclic amines) is 1. The molecule has 3 aliphatic rings. The summed E-state index contributed by atoms with van der Waals surface area (Å²) in [4.78, 5) is 30.7. The van der Waals surface area contributed by atoms with E-state index in [4.69, 9.17) is 4.98 Å². The summed E-state index contributed by atoms with van der Waals surface area (Å²) in [5.74, 6) is 1.54. The molecule has 7 heteroatoms. The number of amides is 1. The van der Waals surface area contributed by atoms with Gasteiger partial charge in [0.05, 0.1) is 17.2 Å². The molecule has 1 saturated carbocycles. The largest absolute Gasteiger partial charge is 0.337 e. The summed E-state index contributed by atoms with van der Waals surface area (Å²) >= 11 is 0. The van der Waals surface area contributed by atoms with Crippen LogP contribution >= 0.6 is 0 Å². The summed E-state index contributed by atoms with van der Waals surface area (Å²) in [5, 5.41) is 0. The van der Waals surface area contributed by atoms with Gasteiger partial charge in [0.2, 0.25) is 0 Å². The van der Waals surface area contributed by atoms with Crippen LogP contribution in [0.1, 0.15) is 59.9 Å². The first-order valence-electron chi connectivity index (χ1n) is 12.0. The van der Waals surface area contributed by atoms with Gasteiger partial charge in [0.15, 0.2) is 0 Å². The molecule has 0 spiro atoms. The maximum absolute atomic E-state index is 12.9. The van der Waals surface area contributed by atoms with Crippen molar-refractivity contribution in [3.05, 3.63) is 53.9 Å². The van der Waals surface area contributed by atoms with Crippen LogP contribution in [-0.4, -0.2) is 67.4 Å². The Morgan fingerprint density at radius 3 is 2.75 bits per heavy atom. The van der Waals surface area contributed by atoms with Gasteiger partial charge in [-0.05, 0) is 43.4 Å². The van der Waals surface area contributed by atoms with Gasteiger partial charge in [0, 0.05) is 63.5 Å². The molecule has 1 amide bonds.